The highest BCUT2D eigenvalue weighted by atomic mass is 32.2. The number of hydrogen-bond acceptors (Lipinski definition) is 16. The van der Waals surface area contributed by atoms with Gasteiger partial charge in [-0.3, -0.25) is 34.0 Å². The van der Waals surface area contributed by atoms with Crippen molar-refractivity contribution in [2.75, 3.05) is 41.3 Å². The number of nitrogens with zero attached hydrogens (tertiary/aromatic N) is 8. The maximum Gasteiger partial charge on any atom is 0.284 e. The molecule has 0 radical (unpaired) electrons. The third-order valence-electron chi connectivity index (χ3n) is 18.4. The first-order valence-electron chi connectivity index (χ1n) is 31.2. The minimum Gasteiger partial charge on any atom is -0.391 e. The van der Waals surface area contributed by atoms with Crippen LogP contribution >= 0.6 is 22.7 Å². The number of rotatable bonds is 17. The molecule has 5 amide bonds. The molecule has 474 valence electrons. The summed E-state index contributed by atoms with van der Waals surface area (Å²) in [6.07, 6.45) is 6.94. The third-order valence-corrected chi connectivity index (χ3v) is 21.7. The molecule has 20 nitrogen and oxygen atoms in total. The molecule has 0 bridgehead atoms. The lowest BCUT2D eigenvalue weighted by Gasteiger charge is -2.38. The molecule has 3 aliphatic heterocycles. The Balaban J connectivity index is 0.699. The van der Waals surface area contributed by atoms with Gasteiger partial charge in [0.25, 0.3) is 21.8 Å². The van der Waals surface area contributed by atoms with E-state index in [4.69, 9.17) is 10.1 Å². The summed E-state index contributed by atoms with van der Waals surface area (Å²) in [5.41, 5.74) is 9.62. The number of β-amino-alcohol motifs (C(OH)–C–C–N with tert-alkyl or cyclic N) is 1. The number of benzene rings is 4. The molecule has 4 aliphatic rings. The average molecular weight is 1290 g/mol. The van der Waals surface area contributed by atoms with Gasteiger partial charge in [-0.05, 0) is 141 Å². The van der Waals surface area contributed by atoms with Crippen molar-refractivity contribution in [2.24, 2.45) is 17.3 Å². The van der Waals surface area contributed by atoms with Gasteiger partial charge < -0.3 is 30.4 Å². The molecule has 91 heavy (non-hydrogen) atoms. The van der Waals surface area contributed by atoms with E-state index in [2.05, 4.69) is 35.5 Å². The van der Waals surface area contributed by atoms with Gasteiger partial charge in [-0.15, -0.1) is 11.3 Å². The van der Waals surface area contributed by atoms with Crippen molar-refractivity contribution in [3.63, 3.8) is 0 Å². The van der Waals surface area contributed by atoms with E-state index < -0.39 is 51.4 Å². The number of sulfonamides is 1. The zero-order valence-electron chi connectivity index (χ0n) is 51.9. The van der Waals surface area contributed by atoms with Gasteiger partial charge in [0.05, 0.1) is 49.5 Å². The van der Waals surface area contributed by atoms with Crippen LogP contribution in [0, 0.1) is 31.1 Å². The third kappa shape index (κ3) is 13.5. The summed E-state index contributed by atoms with van der Waals surface area (Å²) in [6.45, 7) is 13.8. The fourth-order valence-corrected chi connectivity index (χ4v) is 15.8. The number of fused-ring (bicyclic) bond motifs is 2. The predicted molar refractivity (Wildman–Crippen MR) is 353 cm³/mol. The summed E-state index contributed by atoms with van der Waals surface area (Å²) >= 11 is 2.96. The van der Waals surface area contributed by atoms with E-state index in [-0.39, 0.29) is 47.3 Å². The van der Waals surface area contributed by atoms with Crippen molar-refractivity contribution in [1.82, 2.24) is 45.0 Å². The number of pyridine rings is 1. The van der Waals surface area contributed by atoms with E-state index in [1.165, 1.54) is 41.2 Å². The lowest BCUT2D eigenvalue weighted by atomic mass is 9.84. The number of amides is 5. The maximum atomic E-state index is 14.7. The van der Waals surface area contributed by atoms with Gasteiger partial charge in [0, 0.05) is 79.7 Å². The zero-order valence-corrected chi connectivity index (χ0v) is 54.4. The van der Waals surface area contributed by atoms with Crippen molar-refractivity contribution >= 4 is 89.1 Å². The van der Waals surface area contributed by atoms with E-state index in [9.17, 15) is 37.5 Å². The molecule has 7 heterocycles. The maximum absolute atomic E-state index is 14.7. The van der Waals surface area contributed by atoms with Crippen LogP contribution in [0.5, 0.6) is 0 Å². The number of para-hydroxylation sites is 1. The molecule has 0 unspecified atom stereocenters. The van der Waals surface area contributed by atoms with E-state index >= 15 is 0 Å². The lowest BCUT2D eigenvalue weighted by molar-refractivity contribution is -0.144. The summed E-state index contributed by atoms with van der Waals surface area (Å²) in [4.78, 5) is 91.5. The number of aromatic nitrogens is 5. The van der Waals surface area contributed by atoms with Crippen LogP contribution in [0.15, 0.2) is 120 Å². The smallest absolute Gasteiger partial charge is 0.284 e. The number of piperidine rings is 1. The summed E-state index contributed by atoms with van der Waals surface area (Å²) in [7, 11) is -4.46. The highest BCUT2D eigenvalue weighted by Gasteiger charge is 2.45. The number of aryl methyl sites for hydroxylation is 1. The molecule has 4 aromatic carbocycles. The Hall–Kier alpha value is -8.38. The Morgan fingerprint density at radius 1 is 0.791 bits per heavy atom. The summed E-state index contributed by atoms with van der Waals surface area (Å²) in [5, 5.41) is 25.2. The van der Waals surface area contributed by atoms with Crippen LogP contribution in [0.3, 0.4) is 0 Å². The van der Waals surface area contributed by atoms with Crippen LogP contribution in [0.4, 0.5) is 16.6 Å². The van der Waals surface area contributed by atoms with Gasteiger partial charge in [-0.25, -0.2) is 28.1 Å². The molecule has 4 aromatic heterocycles. The molecule has 4 atom stereocenters. The van der Waals surface area contributed by atoms with Crippen molar-refractivity contribution in [3.8, 4) is 21.6 Å². The number of aliphatic hydroxyl groups excluding tert-OH is 1. The molecule has 1 saturated carbocycles. The first kappa shape index (κ1) is 62.8. The van der Waals surface area contributed by atoms with Crippen LogP contribution in [-0.2, 0) is 43.9 Å². The van der Waals surface area contributed by atoms with E-state index in [1.807, 2.05) is 123 Å². The second kappa shape index (κ2) is 26.1. The number of thiazole rings is 2. The van der Waals surface area contributed by atoms with Gasteiger partial charge in [0.15, 0.2) is 5.13 Å². The van der Waals surface area contributed by atoms with E-state index in [0.29, 0.717) is 79.0 Å². The van der Waals surface area contributed by atoms with Gasteiger partial charge in [0.2, 0.25) is 17.7 Å². The molecule has 3 fully saturated rings. The standard InChI is InChI=1S/C68H76N12O8S3/c1-40(44-18-20-46(21-19-44)60-41(2)69-39-89-60)71-64(84)56-34-49(81)37-79(56)66(86)61(68(4,5)6)74-62(82)47-29-31-77(32-30-47)48-22-24-50(25-23-48)91(87,88)76-65(85)59-51(53-35-70-80(42(53)3)36-43-12-7-8-13-43)26-27-58(73-59)78-33-28-45-14-11-15-52(54(45)38-78)63(83)75-67-72-55-16-9-10-17-57(55)90-67/h9-11,14-27,35,39-40,43,47,49,56,61,81H,7-8,12-13,28-34,36-38H2,1-6H3,(H,71,84)(H,74,82)(H,76,85)(H,72,75,83)/t40-,49+,56-,61+/m0/s1. The first-order chi connectivity index (χ1) is 43.6. The van der Waals surface area contributed by atoms with Crippen LogP contribution in [0.25, 0.3) is 31.8 Å². The molecule has 5 N–H and O–H groups in total. The monoisotopic (exact) mass is 1280 g/mol. The van der Waals surface area contributed by atoms with E-state index in [1.54, 1.807) is 41.8 Å². The number of aliphatic hydroxyl groups is 1. The largest absolute Gasteiger partial charge is 0.391 e. The van der Waals surface area contributed by atoms with Crippen LogP contribution in [0.1, 0.15) is 128 Å². The molecule has 2 saturated heterocycles. The Morgan fingerprint density at radius 3 is 2.25 bits per heavy atom. The van der Waals surface area contributed by atoms with Crippen molar-refractivity contribution in [3.05, 3.63) is 154 Å². The molecule has 23 heteroatoms. The number of likely N-dealkylation sites (tertiary alicyclic amines) is 1. The Bertz CT molecular complexity index is 4130. The minimum atomic E-state index is -4.46. The molecule has 8 aromatic rings. The minimum absolute atomic E-state index is 0.0465. The second-order valence-corrected chi connectivity index (χ2v) is 29.2. The fourth-order valence-electron chi connectivity index (χ4n) is 13.2. The molecular formula is C68H76N12O8S3. The average Bonchev–Trinajstić information content (AvgIpc) is 1.84. The van der Waals surface area contributed by atoms with Gasteiger partial charge in [0.1, 0.15) is 23.6 Å². The number of nitrogens with one attached hydrogen (secondary N) is 4. The first-order valence-corrected chi connectivity index (χ1v) is 34.4. The lowest BCUT2D eigenvalue weighted by Crippen LogP contribution is -2.59. The zero-order chi connectivity index (χ0) is 63.9. The number of anilines is 3. The predicted octanol–water partition coefficient (Wildman–Crippen LogP) is 10.0. The van der Waals surface area contributed by atoms with Crippen molar-refractivity contribution in [2.45, 2.75) is 135 Å². The Morgan fingerprint density at radius 2 is 1.54 bits per heavy atom. The second-order valence-electron chi connectivity index (χ2n) is 25.6. The summed E-state index contributed by atoms with van der Waals surface area (Å²) in [6, 6.07) is 28.9. The normalized spacial score (nSPS) is 18.0. The summed E-state index contributed by atoms with van der Waals surface area (Å²) < 4.78 is 33.8. The number of carbonyl (C=O) groups is 5. The van der Waals surface area contributed by atoms with Gasteiger partial charge in [-0.1, -0.05) is 93.5 Å². The Kier molecular flexibility index (Phi) is 18.0. The molecule has 12 rings (SSSR count). The molecular weight excluding hydrogens is 1210 g/mol. The van der Waals surface area contributed by atoms with Crippen molar-refractivity contribution in [1.29, 1.82) is 0 Å². The molecule has 1 aliphatic carbocycles. The number of hydrogen-bond donors (Lipinski definition) is 5. The van der Waals surface area contributed by atoms with Crippen molar-refractivity contribution < 1.29 is 37.5 Å². The van der Waals surface area contributed by atoms with E-state index in [0.717, 1.165) is 73.8 Å². The molecule has 0 spiro atoms. The fraction of sp³-hybridized carbons (Fsp3) is 0.397. The van der Waals surface area contributed by atoms with Gasteiger partial charge in [-0.2, -0.15) is 5.10 Å². The number of carbonyl (C=O) groups excluding carboxylic acids is 5. The highest BCUT2D eigenvalue weighted by molar-refractivity contribution is 7.90. The SMILES string of the molecule is Cc1ncsc1-c1ccc([C@H](C)NC(=O)[C@@H]2C[C@@H](O)CN2C(=O)[C@@H](NC(=O)C2CCN(c3ccc(S(=O)(=O)NC(=O)c4nc(N5CCc6cccc(C(=O)Nc7nc8ccccc8s7)c6C5)ccc4-c4cnn(CC5CCCC5)c4C)cc3)CC2)C(C)(C)C)cc1. The quantitative estimate of drug-likeness (QED) is 0.0569. The van der Waals surface area contributed by atoms with Crippen LogP contribution < -0.4 is 30.5 Å². The van der Waals surface area contributed by atoms with Crippen LogP contribution in [0.2, 0.25) is 0 Å². The highest BCUT2D eigenvalue weighted by Crippen LogP contribution is 2.36. The topological polar surface area (TPSA) is 254 Å². The Labute approximate surface area is 537 Å². The van der Waals surface area contributed by atoms with Crippen LogP contribution in [-0.4, -0.2) is 117 Å². The van der Waals surface area contributed by atoms with Gasteiger partial charge >= 0.3 is 0 Å². The summed E-state index contributed by atoms with van der Waals surface area (Å²) in [5.74, 6) is -1.83.